The molecule has 0 amide bonds. The zero-order chi connectivity index (χ0) is 11.6. The Morgan fingerprint density at radius 3 is 2.75 bits per heavy atom. The van der Waals surface area contributed by atoms with E-state index >= 15 is 0 Å². The van der Waals surface area contributed by atoms with E-state index in [1.165, 1.54) is 6.26 Å². The van der Waals surface area contributed by atoms with E-state index in [0.29, 0.717) is 18.1 Å². The second-order valence-corrected chi connectivity index (χ2v) is 5.88. The van der Waals surface area contributed by atoms with Crippen molar-refractivity contribution in [3.05, 3.63) is 29.8 Å². The van der Waals surface area contributed by atoms with Crippen LogP contribution in [0.3, 0.4) is 0 Å². The molecule has 0 aliphatic carbocycles. The SMILES string of the molecule is CS(=O)(=O)c1ccccc1C1COCCN1. The van der Waals surface area contributed by atoms with Crippen LogP contribution in [0.1, 0.15) is 11.6 Å². The number of nitrogens with one attached hydrogen (secondary N) is 1. The summed E-state index contributed by atoms with van der Waals surface area (Å²) in [6, 6.07) is 7.03. The molecule has 1 fully saturated rings. The molecule has 1 aliphatic rings. The van der Waals surface area contributed by atoms with Gasteiger partial charge in [0.25, 0.3) is 0 Å². The Morgan fingerprint density at radius 2 is 2.12 bits per heavy atom. The zero-order valence-corrected chi connectivity index (χ0v) is 9.96. The number of benzene rings is 1. The maximum atomic E-state index is 11.6. The quantitative estimate of drug-likeness (QED) is 0.830. The maximum Gasteiger partial charge on any atom is 0.175 e. The first-order chi connectivity index (χ1) is 7.59. The van der Waals surface area contributed by atoms with Gasteiger partial charge in [0.1, 0.15) is 0 Å². The first-order valence-electron chi connectivity index (χ1n) is 5.19. The Labute approximate surface area is 95.5 Å². The molecule has 88 valence electrons. The van der Waals surface area contributed by atoms with Crippen LogP contribution in [0.15, 0.2) is 29.2 Å². The van der Waals surface area contributed by atoms with Crippen molar-refractivity contribution in [3.63, 3.8) is 0 Å². The van der Waals surface area contributed by atoms with Gasteiger partial charge in [0.2, 0.25) is 0 Å². The van der Waals surface area contributed by atoms with Crippen molar-refractivity contribution < 1.29 is 13.2 Å². The average Bonchev–Trinajstić information content (AvgIpc) is 2.29. The van der Waals surface area contributed by atoms with E-state index in [0.717, 1.165) is 12.1 Å². The molecule has 1 heterocycles. The molecule has 5 heteroatoms. The van der Waals surface area contributed by atoms with E-state index in [-0.39, 0.29) is 6.04 Å². The molecular formula is C11H15NO3S. The third-order valence-corrected chi connectivity index (χ3v) is 3.79. The van der Waals surface area contributed by atoms with Crippen LogP contribution in [0, 0.1) is 0 Å². The van der Waals surface area contributed by atoms with Crippen LogP contribution in [0.2, 0.25) is 0 Å². The molecule has 0 radical (unpaired) electrons. The highest BCUT2D eigenvalue weighted by Crippen LogP contribution is 2.23. The highest BCUT2D eigenvalue weighted by Gasteiger charge is 2.21. The van der Waals surface area contributed by atoms with Gasteiger partial charge in [-0.3, -0.25) is 0 Å². The standard InChI is InChI=1S/C11H15NO3S/c1-16(13,14)11-5-3-2-4-9(11)10-8-15-7-6-12-10/h2-5,10,12H,6-8H2,1H3. The first-order valence-corrected chi connectivity index (χ1v) is 7.08. The van der Waals surface area contributed by atoms with Crippen molar-refractivity contribution >= 4 is 9.84 Å². The fourth-order valence-electron chi connectivity index (χ4n) is 1.87. The number of hydrogen-bond acceptors (Lipinski definition) is 4. The molecule has 1 aliphatic heterocycles. The Hall–Kier alpha value is -0.910. The lowest BCUT2D eigenvalue weighted by molar-refractivity contribution is 0.0761. The van der Waals surface area contributed by atoms with Gasteiger partial charge in [0.05, 0.1) is 24.2 Å². The lowest BCUT2D eigenvalue weighted by Gasteiger charge is -2.25. The van der Waals surface area contributed by atoms with E-state index < -0.39 is 9.84 Å². The summed E-state index contributed by atoms with van der Waals surface area (Å²) < 4.78 is 28.6. The molecule has 0 spiro atoms. The molecule has 1 N–H and O–H groups in total. The Bertz CT molecular complexity index is 464. The van der Waals surface area contributed by atoms with Gasteiger partial charge in [-0.15, -0.1) is 0 Å². The van der Waals surface area contributed by atoms with E-state index in [2.05, 4.69) is 5.32 Å². The third kappa shape index (κ3) is 2.42. The molecule has 16 heavy (non-hydrogen) atoms. The van der Waals surface area contributed by atoms with Crippen molar-refractivity contribution in [2.75, 3.05) is 26.0 Å². The number of sulfone groups is 1. The fourth-order valence-corrected chi connectivity index (χ4v) is 2.84. The second-order valence-electron chi connectivity index (χ2n) is 3.89. The molecule has 1 aromatic rings. The van der Waals surface area contributed by atoms with Crippen molar-refractivity contribution in [2.45, 2.75) is 10.9 Å². The fraction of sp³-hybridized carbons (Fsp3) is 0.455. The summed E-state index contributed by atoms with van der Waals surface area (Å²) >= 11 is 0. The summed E-state index contributed by atoms with van der Waals surface area (Å²) in [7, 11) is -3.18. The number of morpholine rings is 1. The molecule has 1 atom stereocenters. The summed E-state index contributed by atoms with van der Waals surface area (Å²) in [5, 5.41) is 3.26. The van der Waals surface area contributed by atoms with Crippen LogP contribution in [0.25, 0.3) is 0 Å². The van der Waals surface area contributed by atoms with Crippen LogP contribution in [0.4, 0.5) is 0 Å². The molecule has 1 saturated heterocycles. The average molecular weight is 241 g/mol. The van der Waals surface area contributed by atoms with Crippen LogP contribution >= 0.6 is 0 Å². The summed E-state index contributed by atoms with van der Waals surface area (Å²) in [5.41, 5.74) is 0.796. The summed E-state index contributed by atoms with van der Waals surface area (Å²) in [5.74, 6) is 0. The number of rotatable bonds is 2. The molecule has 2 rings (SSSR count). The molecule has 1 aromatic carbocycles. The highest BCUT2D eigenvalue weighted by molar-refractivity contribution is 7.90. The minimum absolute atomic E-state index is 0.0281. The summed E-state index contributed by atoms with van der Waals surface area (Å²) in [6.45, 7) is 1.95. The minimum Gasteiger partial charge on any atom is -0.378 e. The van der Waals surface area contributed by atoms with Crippen LogP contribution in [-0.2, 0) is 14.6 Å². The molecular weight excluding hydrogens is 226 g/mol. The number of ether oxygens (including phenoxy) is 1. The lowest BCUT2D eigenvalue weighted by Crippen LogP contribution is -2.35. The molecule has 0 aromatic heterocycles. The van der Waals surface area contributed by atoms with Gasteiger partial charge in [0, 0.05) is 12.8 Å². The van der Waals surface area contributed by atoms with Gasteiger partial charge in [-0.1, -0.05) is 18.2 Å². The molecule has 0 bridgehead atoms. The van der Waals surface area contributed by atoms with Crippen LogP contribution < -0.4 is 5.32 Å². The second kappa shape index (κ2) is 4.53. The van der Waals surface area contributed by atoms with Crippen LogP contribution in [0.5, 0.6) is 0 Å². The first kappa shape index (κ1) is 11.6. The van der Waals surface area contributed by atoms with E-state index in [1.54, 1.807) is 12.1 Å². The Kier molecular flexibility index (Phi) is 3.28. The molecule has 0 saturated carbocycles. The van der Waals surface area contributed by atoms with Gasteiger partial charge in [-0.25, -0.2) is 8.42 Å². The predicted molar refractivity (Wildman–Crippen MR) is 61.1 cm³/mol. The maximum absolute atomic E-state index is 11.6. The van der Waals surface area contributed by atoms with Crippen LogP contribution in [-0.4, -0.2) is 34.4 Å². The largest absolute Gasteiger partial charge is 0.378 e. The smallest absolute Gasteiger partial charge is 0.175 e. The van der Waals surface area contributed by atoms with E-state index in [9.17, 15) is 8.42 Å². The summed E-state index contributed by atoms with van der Waals surface area (Å²) in [4.78, 5) is 0.387. The lowest BCUT2D eigenvalue weighted by atomic mass is 10.1. The normalized spacial score (nSPS) is 21.9. The van der Waals surface area contributed by atoms with Gasteiger partial charge in [-0.2, -0.15) is 0 Å². The number of hydrogen-bond donors (Lipinski definition) is 1. The van der Waals surface area contributed by atoms with Crippen molar-refractivity contribution in [1.82, 2.24) is 5.32 Å². The Balaban J connectivity index is 2.40. The van der Waals surface area contributed by atoms with Crippen molar-refractivity contribution in [2.24, 2.45) is 0 Å². The predicted octanol–water partition coefficient (Wildman–Crippen LogP) is 0.751. The molecule has 1 unspecified atom stereocenters. The van der Waals surface area contributed by atoms with Gasteiger partial charge in [-0.05, 0) is 11.6 Å². The monoisotopic (exact) mass is 241 g/mol. The van der Waals surface area contributed by atoms with Gasteiger partial charge >= 0.3 is 0 Å². The van der Waals surface area contributed by atoms with E-state index in [1.807, 2.05) is 12.1 Å². The van der Waals surface area contributed by atoms with Gasteiger partial charge in [0.15, 0.2) is 9.84 Å². The third-order valence-electron chi connectivity index (χ3n) is 2.62. The topological polar surface area (TPSA) is 55.4 Å². The summed E-state index contributed by atoms with van der Waals surface area (Å²) in [6.07, 6.45) is 1.23. The minimum atomic E-state index is -3.18. The van der Waals surface area contributed by atoms with Crippen molar-refractivity contribution in [3.8, 4) is 0 Å². The Morgan fingerprint density at radius 1 is 1.38 bits per heavy atom. The van der Waals surface area contributed by atoms with Gasteiger partial charge < -0.3 is 10.1 Å². The van der Waals surface area contributed by atoms with E-state index in [4.69, 9.17) is 4.74 Å². The van der Waals surface area contributed by atoms with Crippen molar-refractivity contribution in [1.29, 1.82) is 0 Å². The highest BCUT2D eigenvalue weighted by atomic mass is 32.2. The zero-order valence-electron chi connectivity index (χ0n) is 9.14. The molecule has 4 nitrogen and oxygen atoms in total.